The number of aryl methyl sites for hydroxylation is 2. The predicted molar refractivity (Wildman–Crippen MR) is 98.8 cm³/mol. The third kappa shape index (κ3) is 4.15. The molecule has 0 bridgehead atoms. The molecule has 1 N–H and O–H groups in total. The van der Waals surface area contributed by atoms with E-state index in [9.17, 15) is 9.59 Å². The minimum atomic E-state index is -0.267. The molecule has 4 nitrogen and oxygen atoms in total. The Morgan fingerprint density at radius 1 is 1.08 bits per heavy atom. The average molecular weight is 345 g/mol. The van der Waals surface area contributed by atoms with Crippen LogP contribution in [0.25, 0.3) is 0 Å². The van der Waals surface area contributed by atoms with Crippen LogP contribution in [0.4, 0.5) is 11.4 Å². The Kier molecular flexibility index (Phi) is 5.62. The van der Waals surface area contributed by atoms with Gasteiger partial charge >= 0.3 is 0 Å². The molecule has 2 aromatic carbocycles. The van der Waals surface area contributed by atoms with Crippen LogP contribution < -0.4 is 10.2 Å². The van der Waals surface area contributed by atoms with E-state index in [1.165, 1.54) is 11.8 Å². The number of hydrogen-bond donors (Lipinski definition) is 1. The highest BCUT2D eigenvalue weighted by Gasteiger charge is 2.18. The molecule has 0 spiro atoms. The second-order valence-corrected chi connectivity index (χ2v) is 6.27. The molecule has 0 unspecified atom stereocenters. The van der Waals surface area contributed by atoms with Crippen molar-refractivity contribution in [3.05, 3.63) is 58.1 Å². The summed E-state index contributed by atoms with van der Waals surface area (Å²) in [5.74, 6) is -0.446. The van der Waals surface area contributed by atoms with Crippen molar-refractivity contribution in [1.82, 2.24) is 0 Å². The van der Waals surface area contributed by atoms with Crippen molar-refractivity contribution in [2.45, 2.75) is 27.7 Å². The van der Waals surface area contributed by atoms with Crippen LogP contribution in [0.2, 0.25) is 5.02 Å². The van der Waals surface area contributed by atoms with Crippen LogP contribution in [0.5, 0.6) is 0 Å². The minimum Gasteiger partial charge on any atom is -0.324 e. The van der Waals surface area contributed by atoms with Crippen molar-refractivity contribution in [2.75, 3.05) is 16.8 Å². The SMILES string of the molecule is CC(=O)N(CC(=O)Nc1cc(Cl)ccc1C)c1cccc(C)c1C. The maximum Gasteiger partial charge on any atom is 0.244 e. The normalized spacial score (nSPS) is 10.4. The molecule has 2 rings (SSSR count). The first-order valence-corrected chi connectivity index (χ1v) is 8.07. The number of benzene rings is 2. The molecule has 0 fully saturated rings. The molecular formula is C19H21ClN2O2. The van der Waals surface area contributed by atoms with Gasteiger partial charge in [-0.15, -0.1) is 0 Å². The van der Waals surface area contributed by atoms with Gasteiger partial charge < -0.3 is 10.2 Å². The van der Waals surface area contributed by atoms with E-state index < -0.39 is 0 Å². The molecule has 2 amide bonds. The molecule has 0 heterocycles. The van der Waals surface area contributed by atoms with Crippen LogP contribution in [0, 0.1) is 20.8 Å². The summed E-state index contributed by atoms with van der Waals surface area (Å²) in [6.45, 7) is 7.22. The molecular weight excluding hydrogens is 324 g/mol. The van der Waals surface area contributed by atoms with Gasteiger partial charge in [-0.25, -0.2) is 0 Å². The molecule has 24 heavy (non-hydrogen) atoms. The van der Waals surface area contributed by atoms with Crippen molar-refractivity contribution < 1.29 is 9.59 Å². The molecule has 0 aromatic heterocycles. The summed E-state index contributed by atoms with van der Waals surface area (Å²) in [4.78, 5) is 25.9. The van der Waals surface area contributed by atoms with E-state index in [1.54, 1.807) is 12.1 Å². The fraction of sp³-hybridized carbons (Fsp3) is 0.263. The quantitative estimate of drug-likeness (QED) is 0.901. The van der Waals surface area contributed by atoms with E-state index in [-0.39, 0.29) is 18.4 Å². The first-order valence-electron chi connectivity index (χ1n) is 7.70. The first-order chi connectivity index (χ1) is 11.3. The van der Waals surface area contributed by atoms with E-state index >= 15 is 0 Å². The van der Waals surface area contributed by atoms with Gasteiger partial charge in [0.1, 0.15) is 6.54 Å². The maximum absolute atomic E-state index is 12.4. The molecule has 0 saturated heterocycles. The Balaban J connectivity index is 2.22. The lowest BCUT2D eigenvalue weighted by molar-refractivity contribution is -0.120. The summed E-state index contributed by atoms with van der Waals surface area (Å²) in [5.41, 5.74) is 4.37. The highest BCUT2D eigenvalue weighted by Crippen LogP contribution is 2.24. The van der Waals surface area contributed by atoms with Gasteiger partial charge in [0.25, 0.3) is 0 Å². The zero-order valence-corrected chi connectivity index (χ0v) is 15.1. The summed E-state index contributed by atoms with van der Waals surface area (Å²) < 4.78 is 0. The van der Waals surface area contributed by atoms with Crippen molar-refractivity contribution in [1.29, 1.82) is 0 Å². The smallest absolute Gasteiger partial charge is 0.244 e. The number of nitrogens with zero attached hydrogens (tertiary/aromatic N) is 1. The standard InChI is InChI=1S/C19H21ClN2O2/c1-12-6-5-7-18(14(12)3)22(15(4)23)11-19(24)21-17-10-16(20)9-8-13(17)2/h5-10H,11H2,1-4H3,(H,21,24). The largest absolute Gasteiger partial charge is 0.324 e. The third-order valence-corrected chi connectivity index (χ3v) is 4.26. The van der Waals surface area contributed by atoms with Crippen LogP contribution in [0.3, 0.4) is 0 Å². The number of anilines is 2. The van der Waals surface area contributed by atoms with Crippen molar-refractivity contribution >= 4 is 34.8 Å². The molecule has 5 heteroatoms. The number of hydrogen-bond acceptors (Lipinski definition) is 2. The lowest BCUT2D eigenvalue weighted by Gasteiger charge is -2.23. The summed E-state index contributed by atoms with van der Waals surface area (Å²) in [5, 5.41) is 3.37. The topological polar surface area (TPSA) is 49.4 Å². The highest BCUT2D eigenvalue weighted by atomic mass is 35.5. The zero-order valence-electron chi connectivity index (χ0n) is 14.3. The van der Waals surface area contributed by atoms with Gasteiger partial charge in [-0.1, -0.05) is 29.8 Å². The van der Waals surface area contributed by atoms with Gasteiger partial charge in [0.15, 0.2) is 0 Å². The number of halogens is 1. The van der Waals surface area contributed by atoms with E-state index in [0.29, 0.717) is 10.7 Å². The van der Waals surface area contributed by atoms with E-state index in [1.807, 2.05) is 45.0 Å². The number of rotatable bonds is 4. The monoisotopic (exact) mass is 344 g/mol. The number of nitrogens with one attached hydrogen (secondary N) is 1. The highest BCUT2D eigenvalue weighted by molar-refractivity contribution is 6.31. The van der Waals surface area contributed by atoms with E-state index in [0.717, 1.165) is 22.4 Å². The molecule has 0 saturated carbocycles. The Labute approximate surface area is 147 Å². The summed E-state index contributed by atoms with van der Waals surface area (Å²) in [7, 11) is 0. The Morgan fingerprint density at radius 2 is 1.79 bits per heavy atom. The molecule has 126 valence electrons. The fourth-order valence-electron chi connectivity index (χ4n) is 2.46. The molecule has 0 aliphatic carbocycles. The van der Waals surface area contributed by atoms with Crippen LogP contribution in [-0.4, -0.2) is 18.4 Å². The summed E-state index contributed by atoms with van der Waals surface area (Å²) in [6.07, 6.45) is 0. The van der Waals surface area contributed by atoms with Gasteiger partial charge in [-0.05, 0) is 55.7 Å². The zero-order chi connectivity index (χ0) is 17.9. The Hall–Kier alpha value is -2.33. The van der Waals surface area contributed by atoms with Gasteiger partial charge in [0, 0.05) is 23.3 Å². The Morgan fingerprint density at radius 3 is 2.46 bits per heavy atom. The molecule has 0 atom stereocenters. The molecule has 0 aliphatic heterocycles. The number of carbonyl (C=O) groups is 2. The van der Waals surface area contributed by atoms with E-state index in [4.69, 9.17) is 11.6 Å². The lowest BCUT2D eigenvalue weighted by atomic mass is 10.1. The molecule has 0 aliphatic rings. The minimum absolute atomic E-state index is 0.0500. The lowest BCUT2D eigenvalue weighted by Crippen LogP contribution is -2.37. The first kappa shape index (κ1) is 18.0. The van der Waals surface area contributed by atoms with Crippen LogP contribution in [0.15, 0.2) is 36.4 Å². The van der Waals surface area contributed by atoms with Crippen molar-refractivity contribution in [3.63, 3.8) is 0 Å². The van der Waals surface area contributed by atoms with Crippen LogP contribution in [0.1, 0.15) is 23.6 Å². The predicted octanol–water partition coefficient (Wildman–Crippen LogP) is 4.26. The van der Waals surface area contributed by atoms with E-state index in [2.05, 4.69) is 5.32 Å². The average Bonchev–Trinajstić information content (AvgIpc) is 2.51. The van der Waals surface area contributed by atoms with Gasteiger partial charge in [-0.3, -0.25) is 9.59 Å². The number of carbonyl (C=O) groups excluding carboxylic acids is 2. The van der Waals surface area contributed by atoms with Gasteiger partial charge in [0.05, 0.1) is 0 Å². The third-order valence-electron chi connectivity index (χ3n) is 4.02. The second kappa shape index (κ2) is 7.49. The van der Waals surface area contributed by atoms with Gasteiger partial charge in [-0.2, -0.15) is 0 Å². The van der Waals surface area contributed by atoms with Crippen LogP contribution in [-0.2, 0) is 9.59 Å². The van der Waals surface area contributed by atoms with Crippen molar-refractivity contribution in [2.24, 2.45) is 0 Å². The Bertz CT molecular complexity index is 787. The molecule has 2 aromatic rings. The van der Waals surface area contributed by atoms with Crippen molar-refractivity contribution in [3.8, 4) is 0 Å². The fourth-order valence-corrected chi connectivity index (χ4v) is 2.63. The summed E-state index contributed by atoms with van der Waals surface area (Å²) in [6, 6.07) is 11.0. The van der Waals surface area contributed by atoms with Gasteiger partial charge in [0.2, 0.25) is 11.8 Å². The van der Waals surface area contributed by atoms with Crippen LogP contribution >= 0.6 is 11.6 Å². The molecule has 0 radical (unpaired) electrons. The maximum atomic E-state index is 12.4. The second-order valence-electron chi connectivity index (χ2n) is 5.83. The summed E-state index contributed by atoms with van der Waals surface area (Å²) >= 11 is 5.97. The number of amides is 2.